The van der Waals surface area contributed by atoms with Crippen LogP contribution in [0.25, 0.3) is 0 Å². The van der Waals surface area contributed by atoms with E-state index in [-0.39, 0.29) is 23.8 Å². The number of carbonyl (C=O) groups is 2. The normalized spacial score (nSPS) is 12.3. The molecule has 0 fully saturated rings. The second-order valence-electron chi connectivity index (χ2n) is 4.87. The van der Waals surface area contributed by atoms with Gasteiger partial charge in [-0.15, -0.1) is 0 Å². The average Bonchev–Trinajstić information content (AvgIpc) is 2.30. The smallest absolute Gasteiger partial charge is 0.267 e. The summed E-state index contributed by atoms with van der Waals surface area (Å²) in [4.78, 5) is 34.7. The van der Waals surface area contributed by atoms with Crippen molar-refractivity contribution < 1.29 is 9.59 Å². The third-order valence-corrected chi connectivity index (χ3v) is 2.71. The van der Waals surface area contributed by atoms with Crippen LogP contribution in [0, 0.1) is 12.8 Å². The van der Waals surface area contributed by atoms with Crippen molar-refractivity contribution in [1.82, 2.24) is 15.1 Å². The first-order chi connectivity index (χ1) is 8.81. The number of aromatic nitrogens is 2. The highest BCUT2D eigenvalue weighted by Crippen LogP contribution is 2.02. The Morgan fingerprint density at radius 3 is 2.53 bits per heavy atom. The van der Waals surface area contributed by atoms with E-state index >= 15 is 0 Å². The molecule has 1 aromatic rings. The van der Waals surface area contributed by atoms with Gasteiger partial charge in [0, 0.05) is 6.07 Å². The first-order valence-corrected chi connectivity index (χ1v) is 6.16. The molecule has 0 saturated carbocycles. The SMILES string of the molecule is CC(=O)C(NC(=O)Cn1nc(C)ccc1=O)C(C)C. The molecule has 6 nitrogen and oxygen atoms in total. The zero-order valence-corrected chi connectivity index (χ0v) is 11.6. The number of hydrogen-bond acceptors (Lipinski definition) is 4. The van der Waals surface area contributed by atoms with Gasteiger partial charge in [0.2, 0.25) is 5.91 Å². The van der Waals surface area contributed by atoms with E-state index in [4.69, 9.17) is 0 Å². The molecule has 1 heterocycles. The second kappa shape index (κ2) is 6.26. The van der Waals surface area contributed by atoms with Gasteiger partial charge in [-0.2, -0.15) is 5.10 Å². The third kappa shape index (κ3) is 4.31. The Labute approximate surface area is 111 Å². The molecule has 1 amide bonds. The van der Waals surface area contributed by atoms with Crippen molar-refractivity contribution in [1.29, 1.82) is 0 Å². The minimum atomic E-state index is -0.534. The molecule has 0 bridgehead atoms. The first kappa shape index (κ1) is 15.1. The second-order valence-corrected chi connectivity index (χ2v) is 4.87. The molecule has 1 aromatic heterocycles. The lowest BCUT2D eigenvalue weighted by Crippen LogP contribution is -2.45. The van der Waals surface area contributed by atoms with Crippen molar-refractivity contribution in [3.05, 3.63) is 28.2 Å². The van der Waals surface area contributed by atoms with Gasteiger partial charge in [0.1, 0.15) is 6.54 Å². The predicted octanol–water partition coefficient (Wildman–Crippen LogP) is 0.282. The zero-order valence-electron chi connectivity index (χ0n) is 11.6. The topological polar surface area (TPSA) is 81.1 Å². The maximum atomic E-state index is 11.8. The van der Waals surface area contributed by atoms with Gasteiger partial charge in [0.25, 0.3) is 5.56 Å². The summed E-state index contributed by atoms with van der Waals surface area (Å²) in [5, 5.41) is 6.59. The number of amides is 1. The van der Waals surface area contributed by atoms with Crippen LogP contribution in [0.1, 0.15) is 26.5 Å². The molecule has 6 heteroatoms. The summed E-state index contributed by atoms with van der Waals surface area (Å²) < 4.78 is 1.09. The van der Waals surface area contributed by atoms with Gasteiger partial charge in [-0.1, -0.05) is 13.8 Å². The molecule has 0 aliphatic carbocycles. The quantitative estimate of drug-likeness (QED) is 0.829. The van der Waals surface area contributed by atoms with Crippen molar-refractivity contribution in [2.45, 2.75) is 40.3 Å². The maximum Gasteiger partial charge on any atom is 0.267 e. The van der Waals surface area contributed by atoms with Gasteiger partial charge >= 0.3 is 0 Å². The van der Waals surface area contributed by atoms with Crippen molar-refractivity contribution in [2.24, 2.45) is 5.92 Å². The maximum absolute atomic E-state index is 11.8. The molecule has 1 atom stereocenters. The van der Waals surface area contributed by atoms with E-state index in [2.05, 4.69) is 10.4 Å². The minimum absolute atomic E-state index is 0.00337. The van der Waals surface area contributed by atoms with E-state index in [1.54, 1.807) is 13.0 Å². The minimum Gasteiger partial charge on any atom is -0.344 e. The summed E-state index contributed by atoms with van der Waals surface area (Å²) in [6.45, 7) is 6.69. The van der Waals surface area contributed by atoms with E-state index in [1.807, 2.05) is 13.8 Å². The molecule has 1 rings (SSSR count). The average molecular weight is 265 g/mol. The van der Waals surface area contributed by atoms with Crippen LogP contribution in [-0.2, 0) is 16.1 Å². The van der Waals surface area contributed by atoms with E-state index in [0.29, 0.717) is 5.69 Å². The Bertz CT molecular complexity index is 534. The largest absolute Gasteiger partial charge is 0.344 e. The van der Waals surface area contributed by atoms with E-state index in [0.717, 1.165) is 4.68 Å². The molecular weight excluding hydrogens is 246 g/mol. The standard InChI is InChI=1S/C13H19N3O3/c1-8(2)13(10(4)17)14-11(18)7-16-12(19)6-5-9(3)15-16/h5-6,8,13H,7H2,1-4H3,(H,14,18). The van der Waals surface area contributed by atoms with Crippen molar-refractivity contribution in [3.63, 3.8) is 0 Å². The molecule has 0 radical (unpaired) electrons. The summed E-state index contributed by atoms with van der Waals surface area (Å²) in [7, 11) is 0. The monoisotopic (exact) mass is 265 g/mol. The highest BCUT2D eigenvalue weighted by Gasteiger charge is 2.20. The van der Waals surface area contributed by atoms with Crippen LogP contribution in [0.4, 0.5) is 0 Å². The summed E-state index contributed by atoms with van der Waals surface area (Å²) in [5.74, 6) is -0.495. The number of Topliss-reactive ketones (excluding diaryl/α,β-unsaturated/α-hetero) is 1. The van der Waals surface area contributed by atoms with Crippen LogP contribution in [0.15, 0.2) is 16.9 Å². The zero-order chi connectivity index (χ0) is 14.6. The predicted molar refractivity (Wildman–Crippen MR) is 70.7 cm³/mol. The number of aryl methyl sites for hydroxylation is 1. The molecule has 1 N–H and O–H groups in total. The van der Waals surface area contributed by atoms with Gasteiger partial charge in [-0.25, -0.2) is 4.68 Å². The van der Waals surface area contributed by atoms with Gasteiger partial charge in [-0.3, -0.25) is 14.4 Å². The van der Waals surface area contributed by atoms with Gasteiger partial charge in [0.15, 0.2) is 5.78 Å². The van der Waals surface area contributed by atoms with Crippen LogP contribution in [0.2, 0.25) is 0 Å². The molecule has 0 aliphatic heterocycles. The fraction of sp³-hybridized carbons (Fsp3) is 0.538. The lowest BCUT2D eigenvalue weighted by Gasteiger charge is -2.19. The van der Waals surface area contributed by atoms with Crippen molar-refractivity contribution >= 4 is 11.7 Å². The molecule has 0 aliphatic rings. The fourth-order valence-electron chi connectivity index (χ4n) is 1.76. The molecule has 0 aromatic carbocycles. The van der Waals surface area contributed by atoms with Crippen LogP contribution in [0.5, 0.6) is 0 Å². The third-order valence-electron chi connectivity index (χ3n) is 2.71. The number of nitrogens with one attached hydrogen (secondary N) is 1. The number of nitrogens with zero attached hydrogens (tertiary/aromatic N) is 2. The van der Waals surface area contributed by atoms with Crippen molar-refractivity contribution in [3.8, 4) is 0 Å². The first-order valence-electron chi connectivity index (χ1n) is 6.16. The van der Waals surface area contributed by atoms with E-state index in [1.165, 1.54) is 13.0 Å². The molecule has 19 heavy (non-hydrogen) atoms. The van der Waals surface area contributed by atoms with Gasteiger partial charge < -0.3 is 5.32 Å². The van der Waals surface area contributed by atoms with Crippen LogP contribution >= 0.6 is 0 Å². The number of hydrogen-bond donors (Lipinski definition) is 1. The summed E-state index contributed by atoms with van der Waals surface area (Å²) in [6.07, 6.45) is 0. The highest BCUT2D eigenvalue weighted by molar-refractivity contribution is 5.87. The van der Waals surface area contributed by atoms with Crippen LogP contribution in [-0.4, -0.2) is 27.5 Å². The lowest BCUT2D eigenvalue weighted by molar-refractivity contribution is -0.128. The van der Waals surface area contributed by atoms with Crippen LogP contribution < -0.4 is 10.9 Å². The molecule has 1 unspecified atom stereocenters. The summed E-state index contributed by atoms with van der Waals surface area (Å²) >= 11 is 0. The lowest BCUT2D eigenvalue weighted by atomic mass is 10.0. The summed E-state index contributed by atoms with van der Waals surface area (Å²) in [6, 6.07) is 2.41. The highest BCUT2D eigenvalue weighted by atomic mass is 16.2. The van der Waals surface area contributed by atoms with Crippen molar-refractivity contribution in [2.75, 3.05) is 0 Å². The molecule has 0 spiro atoms. The number of ketones is 1. The number of rotatable bonds is 5. The Balaban J connectivity index is 2.77. The Kier molecular flexibility index (Phi) is 4.97. The van der Waals surface area contributed by atoms with Crippen LogP contribution in [0.3, 0.4) is 0 Å². The van der Waals surface area contributed by atoms with Gasteiger partial charge in [0.05, 0.1) is 11.7 Å². The van der Waals surface area contributed by atoms with Gasteiger partial charge in [-0.05, 0) is 25.8 Å². The molecule has 104 valence electrons. The van der Waals surface area contributed by atoms with E-state index in [9.17, 15) is 14.4 Å². The molecule has 0 saturated heterocycles. The number of carbonyl (C=O) groups excluding carboxylic acids is 2. The fourth-order valence-corrected chi connectivity index (χ4v) is 1.76. The Morgan fingerprint density at radius 2 is 2.00 bits per heavy atom. The summed E-state index contributed by atoms with van der Waals surface area (Å²) in [5.41, 5.74) is 0.309. The Morgan fingerprint density at radius 1 is 1.37 bits per heavy atom. The molecular formula is C13H19N3O3. The Hall–Kier alpha value is -1.98. The van der Waals surface area contributed by atoms with E-state index < -0.39 is 11.9 Å².